The second-order valence-corrected chi connectivity index (χ2v) is 8.28. The van der Waals surface area contributed by atoms with Crippen molar-refractivity contribution in [3.05, 3.63) is 51.7 Å². The van der Waals surface area contributed by atoms with Gasteiger partial charge in [-0.1, -0.05) is 18.2 Å². The highest BCUT2D eigenvalue weighted by Crippen LogP contribution is 2.31. The number of hydrogen-bond donors (Lipinski definition) is 3. The molecule has 2 aliphatic heterocycles. The lowest BCUT2D eigenvalue weighted by atomic mass is 9.90. The van der Waals surface area contributed by atoms with E-state index in [9.17, 15) is 9.59 Å². The number of guanidine groups is 1. The average Bonchev–Trinajstić information content (AvgIpc) is 3.21. The van der Waals surface area contributed by atoms with Gasteiger partial charge in [0.15, 0.2) is 5.96 Å². The number of nitrogens with one attached hydrogen (secondary N) is 3. The summed E-state index contributed by atoms with van der Waals surface area (Å²) in [5.74, 6) is 0.710. The molecular weight excluding hydrogens is 386 g/mol. The summed E-state index contributed by atoms with van der Waals surface area (Å²) in [5.41, 5.74) is 3.24. The zero-order valence-corrected chi connectivity index (χ0v) is 17.2. The predicted molar refractivity (Wildman–Crippen MR) is 115 cm³/mol. The Balaban J connectivity index is 1.29. The summed E-state index contributed by atoms with van der Waals surface area (Å²) in [6, 6.07) is 9.96. The first kappa shape index (κ1) is 19.4. The molecule has 7 nitrogen and oxygen atoms in total. The van der Waals surface area contributed by atoms with Gasteiger partial charge in [-0.15, -0.1) is 11.3 Å². The Morgan fingerprint density at radius 3 is 3.03 bits per heavy atom. The fourth-order valence-electron chi connectivity index (χ4n) is 3.86. The number of thiophene rings is 1. The largest absolute Gasteiger partial charge is 0.356 e. The van der Waals surface area contributed by atoms with Crippen LogP contribution >= 0.6 is 11.3 Å². The van der Waals surface area contributed by atoms with Crippen LogP contribution in [0.2, 0.25) is 0 Å². The van der Waals surface area contributed by atoms with E-state index in [1.807, 2.05) is 29.2 Å². The zero-order chi connectivity index (χ0) is 20.2. The van der Waals surface area contributed by atoms with Gasteiger partial charge in [0, 0.05) is 49.6 Å². The van der Waals surface area contributed by atoms with Gasteiger partial charge in [-0.25, -0.2) is 0 Å². The van der Waals surface area contributed by atoms with Gasteiger partial charge in [0.25, 0.3) is 0 Å². The maximum Gasteiger partial charge on any atom is 0.242 e. The number of benzene rings is 1. The van der Waals surface area contributed by atoms with Gasteiger partial charge in [0.05, 0.1) is 6.54 Å². The van der Waals surface area contributed by atoms with E-state index in [0.29, 0.717) is 25.5 Å². The van der Waals surface area contributed by atoms with Crippen molar-refractivity contribution in [1.82, 2.24) is 15.5 Å². The Kier molecular flexibility index (Phi) is 5.80. The Bertz CT molecular complexity index is 939. The smallest absolute Gasteiger partial charge is 0.242 e. The topological polar surface area (TPSA) is 85.8 Å². The molecule has 2 aliphatic rings. The summed E-state index contributed by atoms with van der Waals surface area (Å²) in [6.07, 6.45) is 1.35. The highest BCUT2D eigenvalue weighted by molar-refractivity contribution is 7.10. The Morgan fingerprint density at radius 1 is 1.31 bits per heavy atom. The van der Waals surface area contributed by atoms with Crippen LogP contribution in [0, 0.1) is 0 Å². The molecule has 2 amide bonds. The van der Waals surface area contributed by atoms with E-state index in [1.165, 1.54) is 10.4 Å². The lowest BCUT2D eigenvalue weighted by Crippen LogP contribution is -2.46. The lowest BCUT2D eigenvalue weighted by molar-refractivity contribution is -0.130. The minimum atomic E-state index is 0.0199. The van der Waals surface area contributed by atoms with Gasteiger partial charge in [-0.05, 0) is 35.1 Å². The summed E-state index contributed by atoms with van der Waals surface area (Å²) in [5, 5.41) is 11.4. The highest BCUT2D eigenvalue weighted by atomic mass is 32.1. The van der Waals surface area contributed by atoms with Crippen LogP contribution in [0.5, 0.6) is 0 Å². The number of rotatable bonds is 4. The van der Waals surface area contributed by atoms with Crippen molar-refractivity contribution in [1.29, 1.82) is 0 Å². The molecule has 1 aromatic carbocycles. The second-order valence-electron chi connectivity index (χ2n) is 7.28. The van der Waals surface area contributed by atoms with Gasteiger partial charge >= 0.3 is 0 Å². The molecule has 0 spiro atoms. The summed E-state index contributed by atoms with van der Waals surface area (Å²) in [4.78, 5) is 32.1. The van der Waals surface area contributed by atoms with Crippen molar-refractivity contribution in [2.24, 2.45) is 4.99 Å². The summed E-state index contributed by atoms with van der Waals surface area (Å²) in [6.45, 7) is 2.20. The number of carbonyl (C=O) groups is 2. The Hall–Kier alpha value is -2.87. The van der Waals surface area contributed by atoms with Crippen LogP contribution in [0.3, 0.4) is 0 Å². The molecule has 1 unspecified atom stereocenters. The summed E-state index contributed by atoms with van der Waals surface area (Å²) < 4.78 is 0. The predicted octanol–water partition coefficient (Wildman–Crippen LogP) is 1.92. The van der Waals surface area contributed by atoms with Crippen LogP contribution in [-0.2, 0) is 22.6 Å². The van der Waals surface area contributed by atoms with E-state index in [0.717, 1.165) is 24.2 Å². The number of carbonyl (C=O) groups excluding carboxylic acids is 2. The van der Waals surface area contributed by atoms with Gasteiger partial charge in [0.2, 0.25) is 11.8 Å². The SMILES string of the molecule is CN=C(NCC(=O)N1CCc2sccc2C1)NCC1CC(=O)Nc2ccccc21. The van der Waals surface area contributed by atoms with Crippen molar-refractivity contribution >= 4 is 34.8 Å². The van der Waals surface area contributed by atoms with E-state index in [1.54, 1.807) is 18.4 Å². The number of aliphatic imine (C=N–C) groups is 1. The minimum absolute atomic E-state index is 0.0199. The van der Waals surface area contributed by atoms with Crippen molar-refractivity contribution in [3.8, 4) is 0 Å². The van der Waals surface area contributed by atoms with E-state index in [2.05, 4.69) is 32.4 Å². The van der Waals surface area contributed by atoms with Crippen molar-refractivity contribution in [2.45, 2.75) is 25.3 Å². The normalized spacial score (nSPS) is 18.5. The Morgan fingerprint density at radius 2 is 2.17 bits per heavy atom. The molecule has 0 saturated carbocycles. The maximum atomic E-state index is 12.6. The zero-order valence-electron chi connectivity index (χ0n) is 16.4. The molecular formula is C21H25N5O2S. The molecule has 8 heteroatoms. The van der Waals surface area contributed by atoms with Crippen LogP contribution in [-0.4, -0.2) is 49.4 Å². The molecule has 1 aromatic heterocycles. The first-order chi connectivity index (χ1) is 14.1. The molecule has 2 aromatic rings. The number of para-hydroxylation sites is 1. The van der Waals surface area contributed by atoms with Gasteiger partial charge in [-0.2, -0.15) is 0 Å². The first-order valence-electron chi connectivity index (χ1n) is 9.80. The molecule has 0 aliphatic carbocycles. The monoisotopic (exact) mass is 411 g/mol. The third-order valence-corrected chi connectivity index (χ3v) is 6.44. The highest BCUT2D eigenvalue weighted by Gasteiger charge is 2.25. The molecule has 4 rings (SSSR count). The number of nitrogens with zero attached hydrogens (tertiary/aromatic N) is 2. The van der Waals surface area contributed by atoms with E-state index >= 15 is 0 Å². The Labute approximate surface area is 174 Å². The third-order valence-electron chi connectivity index (χ3n) is 5.41. The maximum absolute atomic E-state index is 12.6. The van der Waals surface area contributed by atoms with Crippen molar-refractivity contribution in [2.75, 3.05) is 32.0 Å². The summed E-state index contributed by atoms with van der Waals surface area (Å²) >= 11 is 1.77. The number of amides is 2. The van der Waals surface area contributed by atoms with Crippen molar-refractivity contribution in [3.63, 3.8) is 0 Å². The lowest BCUT2D eigenvalue weighted by Gasteiger charge is -2.28. The number of hydrogen-bond acceptors (Lipinski definition) is 4. The van der Waals surface area contributed by atoms with E-state index in [4.69, 9.17) is 0 Å². The van der Waals surface area contributed by atoms with Crippen LogP contribution in [0.4, 0.5) is 5.69 Å². The molecule has 0 bridgehead atoms. The number of fused-ring (bicyclic) bond motifs is 2. The third kappa shape index (κ3) is 4.42. The molecule has 3 heterocycles. The molecule has 29 heavy (non-hydrogen) atoms. The molecule has 1 atom stereocenters. The van der Waals surface area contributed by atoms with Gasteiger partial charge in [-0.3, -0.25) is 14.6 Å². The molecule has 3 N–H and O–H groups in total. The van der Waals surface area contributed by atoms with Crippen LogP contribution in [0.1, 0.15) is 28.3 Å². The first-order valence-corrected chi connectivity index (χ1v) is 10.7. The van der Waals surface area contributed by atoms with Crippen LogP contribution in [0.25, 0.3) is 0 Å². The molecule has 0 saturated heterocycles. The van der Waals surface area contributed by atoms with Crippen molar-refractivity contribution < 1.29 is 9.59 Å². The van der Waals surface area contributed by atoms with Crippen LogP contribution in [0.15, 0.2) is 40.7 Å². The molecule has 0 radical (unpaired) electrons. The average molecular weight is 412 g/mol. The van der Waals surface area contributed by atoms with Gasteiger partial charge in [0.1, 0.15) is 0 Å². The summed E-state index contributed by atoms with van der Waals surface area (Å²) in [7, 11) is 1.68. The van der Waals surface area contributed by atoms with Crippen LogP contribution < -0.4 is 16.0 Å². The molecule has 152 valence electrons. The number of anilines is 1. The van der Waals surface area contributed by atoms with E-state index < -0.39 is 0 Å². The minimum Gasteiger partial charge on any atom is -0.356 e. The van der Waals surface area contributed by atoms with Gasteiger partial charge < -0.3 is 20.9 Å². The fraction of sp³-hybridized carbons (Fsp3) is 0.381. The fourth-order valence-corrected chi connectivity index (χ4v) is 4.75. The standard InChI is InChI=1S/C21H25N5O2S/c1-22-21(23-11-15-10-19(27)25-17-5-3-2-4-16(15)17)24-12-20(28)26-8-6-18-14(13-26)7-9-29-18/h2-5,7,9,15H,6,8,10-13H2,1H3,(H,25,27)(H2,22,23,24). The second kappa shape index (κ2) is 8.65. The van der Waals surface area contributed by atoms with E-state index in [-0.39, 0.29) is 24.3 Å². The molecule has 0 fully saturated rings. The quantitative estimate of drug-likeness (QED) is 0.530.